The van der Waals surface area contributed by atoms with Gasteiger partial charge in [-0.3, -0.25) is 4.57 Å². The second kappa shape index (κ2) is 5.12. The number of hydrogen-bond acceptors (Lipinski definition) is 4. The quantitative estimate of drug-likeness (QED) is 0.642. The van der Waals surface area contributed by atoms with E-state index >= 15 is 0 Å². The van der Waals surface area contributed by atoms with Crippen LogP contribution in [0, 0.1) is 0 Å². The molecule has 0 amide bonds. The lowest BCUT2D eigenvalue weighted by molar-refractivity contribution is -0.333. The number of allylic oxidation sites excluding steroid dienone is 1. The molecule has 0 saturated heterocycles. The molecule has 0 bridgehead atoms. The number of imidazole rings is 1. The fraction of sp³-hybridized carbons (Fsp3) is 0.158. The molecule has 2 aromatic carbocycles. The summed E-state index contributed by atoms with van der Waals surface area (Å²) < 4.78 is 50.2. The lowest BCUT2D eigenvalue weighted by Crippen LogP contribution is -2.58. The van der Waals surface area contributed by atoms with Gasteiger partial charge in [0, 0.05) is 17.3 Å². The van der Waals surface area contributed by atoms with Gasteiger partial charge in [-0.2, -0.15) is 18.2 Å². The maximum atomic E-state index is 14.5. The Bertz CT molecular complexity index is 1120. The van der Waals surface area contributed by atoms with E-state index in [2.05, 4.69) is 10.1 Å². The van der Waals surface area contributed by atoms with Crippen molar-refractivity contribution < 1.29 is 17.9 Å². The van der Waals surface area contributed by atoms with E-state index in [1.165, 1.54) is 0 Å². The minimum Gasteiger partial charge on any atom is -0.421 e. The van der Waals surface area contributed by atoms with E-state index in [0.29, 0.717) is 22.3 Å². The summed E-state index contributed by atoms with van der Waals surface area (Å²) in [7, 11) is 0. The molecule has 1 aromatic heterocycles. The zero-order valence-electron chi connectivity index (χ0n) is 14.1. The summed E-state index contributed by atoms with van der Waals surface area (Å²) in [4.78, 5) is 4.35. The average molecular weight is 370 g/mol. The topological polar surface area (TPSA) is 42.6 Å². The summed E-state index contributed by atoms with van der Waals surface area (Å²) in [5.41, 5.74) is 1.54. The largest absolute Gasteiger partial charge is 0.474 e. The average Bonchev–Trinajstić information content (AvgIpc) is 3.21. The van der Waals surface area contributed by atoms with Gasteiger partial charge in [-0.05, 0) is 31.2 Å². The van der Waals surface area contributed by atoms with Gasteiger partial charge in [0.05, 0.1) is 11.0 Å². The molecule has 5 rings (SSSR count). The molecule has 5 nitrogen and oxygen atoms in total. The highest BCUT2D eigenvalue weighted by molar-refractivity contribution is 5.95. The summed E-state index contributed by atoms with van der Waals surface area (Å²) >= 11 is 0. The van der Waals surface area contributed by atoms with Crippen molar-refractivity contribution in [2.75, 3.05) is 0 Å². The summed E-state index contributed by atoms with van der Waals surface area (Å²) in [5.74, 6) is -2.74. The van der Waals surface area contributed by atoms with E-state index in [4.69, 9.17) is 4.74 Å². The molecule has 0 radical (unpaired) electrons. The van der Waals surface area contributed by atoms with Crippen LogP contribution in [0.25, 0.3) is 17.1 Å². The van der Waals surface area contributed by atoms with Crippen LogP contribution in [-0.4, -0.2) is 26.6 Å². The molecule has 8 heteroatoms. The van der Waals surface area contributed by atoms with Gasteiger partial charge in [-0.1, -0.05) is 30.3 Å². The summed E-state index contributed by atoms with van der Waals surface area (Å²) in [6.07, 6.45) is -3.20. The third-order valence-electron chi connectivity index (χ3n) is 4.67. The van der Waals surface area contributed by atoms with E-state index in [1.54, 1.807) is 67.6 Å². The van der Waals surface area contributed by atoms with Crippen molar-refractivity contribution in [1.82, 2.24) is 14.6 Å². The zero-order valence-corrected chi connectivity index (χ0v) is 14.1. The fourth-order valence-electron chi connectivity index (χ4n) is 3.53. The van der Waals surface area contributed by atoms with Crippen molar-refractivity contribution in [3.05, 3.63) is 71.7 Å². The lowest BCUT2D eigenvalue weighted by atomic mass is 10.2. The molecule has 2 aliphatic rings. The van der Waals surface area contributed by atoms with Gasteiger partial charge in [0.2, 0.25) is 5.90 Å². The molecular formula is C19H13F3N4O. The molecule has 27 heavy (non-hydrogen) atoms. The highest BCUT2D eigenvalue weighted by atomic mass is 19.4. The summed E-state index contributed by atoms with van der Waals surface area (Å²) in [5, 5.41) is 5.06. The Morgan fingerprint density at radius 3 is 2.44 bits per heavy atom. The van der Waals surface area contributed by atoms with Crippen LogP contribution in [0.2, 0.25) is 0 Å². The molecule has 3 heterocycles. The number of ether oxygens (including phenoxy) is 1. The maximum absolute atomic E-state index is 14.5. The minimum absolute atomic E-state index is 0.0914. The van der Waals surface area contributed by atoms with Gasteiger partial charge in [-0.15, -0.1) is 5.10 Å². The van der Waals surface area contributed by atoms with E-state index in [1.807, 2.05) is 0 Å². The van der Waals surface area contributed by atoms with Crippen LogP contribution in [0.1, 0.15) is 18.3 Å². The van der Waals surface area contributed by atoms with Gasteiger partial charge in [-0.25, -0.2) is 4.98 Å². The number of benzene rings is 2. The van der Waals surface area contributed by atoms with E-state index in [9.17, 15) is 13.2 Å². The smallest absolute Gasteiger partial charge is 0.421 e. The summed E-state index contributed by atoms with van der Waals surface area (Å²) in [6.45, 7) is 1.56. The molecule has 0 saturated carbocycles. The normalized spacial score (nSPS) is 21.4. The first kappa shape index (κ1) is 15.9. The highest BCUT2D eigenvalue weighted by Gasteiger charge is 2.69. The Kier molecular flexibility index (Phi) is 3.02. The van der Waals surface area contributed by atoms with Crippen molar-refractivity contribution in [2.45, 2.75) is 18.9 Å². The Labute approximate surface area is 152 Å². The van der Waals surface area contributed by atoms with Crippen molar-refractivity contribution in [1.29, 1.82) is 0 Å². The zero-order chi connectivity index (χ0) is 18.8. The van der Waals surface area contributed by atoms with Gasteiger partial charge in [0.15, 0.2) is 0 Å². The maximum Gasteiger partial charge on any atom is 0.474 e. The van der Waals surface area contributed by atoms with Crippen molar-refractivity contribution in [3.8, 4) is 0 Å². The Morgan fingerprint density at radius 1 is 1.00 bits per heavy atom. The SMILES string of the molecule is CC1=Cc2nc3ccccc3n2[C@@]2(C(F)(F)F)OC(c3ccccc3)=NN12. The fourth-order valence-corrected chi connectivity index (χ4v) is 3.53. The molecule has 0 unspecified atom stereocenters. The molecule has 0 spiro atoms. The number of rotatable bonds is 1. The highest BCUT2D eigenvalue weighted by Crippen LogP contribution is 2.51. The molecule has 1 atom stereocenters. The second-order valence-corrected chi connectivity index (χ2v) is 6.37. The minimum atomic E-state index is -4.78. The van der Waals surface area contributed by atoms with Gasteiger partial charge in [0.1, 0.15) is 5.82 Å². The van der Waals surface area contributed by atoms with Crippen molar-refractivity contribution in [2.24, 2.45) is 5.10 Å². The van der Waals surface area contributed by atoms with Crippen LogP contribution in [0.15, 0.2) is 65.4 Å². The monoisotopic (exact) mass is 370 g/mol. The third kappa shape index (κ3) is 2.00. The number of fused-ring (bicyclic) bond motifs is 5. The number of hydrogen-bond donors (Lipinski definition) is 0. The predicted octanol–water partition coefficient (Wildman–Crippen LogP) is 4.28. The van der Waals surface area contributed by atoms with Crippen LogP contribution in [0.5, 0.6) is 0 Å². The Hall–Kier alpha value is -3.29. The second-order valence-electron chi connectivity index (χ2n) is 6.37. The predicted molar refractivity (Wildman–Crippen MR) is 93.3 cm³/mol. The molecule has 3 aromatic rings. The number of halogens is 3. The number of nitrogens with zero attached hydrogens (tertiary/aromatic N) is 4. The molecule has 136 valence electrons. The molecule has 0 fully saturated rings. The molecule has 2 aliphatic heterocycles. The van der Waals surface area contributed by atoms with Crippen molar-refractivity contribution in [3.63, 3.8) is 0 Å². The Morgan fingerprint density at radius 2 is 1.70 bits per heavy atom. The first-order valence-electron chi connectivity index (χ1n) is 8.28. The first-order chi connectivity index (χ1) is 12.9. The van der Waals surface area contributed by atoms with Crippen LogP contribution >= 0.6 is 0 Å². The van der Waals surface area contributed by atoms with E-state index < -0.39 is 12.0 Å². The molecule has 0 aliphatic carbocycles. The Balaban J connectivity index is 1.80. The first-order valence-corrected chi connectivity index (χ1v) is 8.28. The van der Waals surface area contributed by atoms with Crippen molar-refractivity contribution >= 4 is 23.0 Å². The molecular weight excluding hydrogens is 357 g/mol. The molecule has 0 N–H and O–H groups in total. The van der Waals surface area contributed by atoms with Crippen LogP contribution in [-0.2, 0) is 10.6 Å². The van der Waals surface area contributed by atoms with Crippen LogP contribution in [0.3, 0.4) is 0 Å². The van der Waals surface area contributed by atoms with Crippen LogP contribution in [0.4, 0.5) is 13.2 Å². The van der Waals surface area contributed by atoms with Crippen LogP contribution < -0.4 is 0 Å². The number of alkyl halides is 3. The van der Waals surface area contributed by atoms with Gasteiger partial charge < -0.3 is 4.74 Å². The summed E-state index contributed by atoms with van der Waals surface area (Å²) in [6, 6.07) is 15.2. The van der Waals surface area contributed by atoms with E-state index in [-0.39, 0.29) is 11.7 Å². The number of aromatic nitrogens is 2. The van der Waals surface area contributed by atoms with Gasteiger partial charge in [0.25, 0.3) is 0 Å². The number of hydrazone groups is 1. The number of para-hydroxylation sites is 2. The van der Waals surface area contributed by atoms with E-state index in [0.717, 1.165) is 9.58 Å². The third-order valence-corrected chi connectivity index (χ3v) is 4.67. The standard InChI is InChI=1S/C19H13F3N4O/c1-12-11-16-23-14-9-5-6-10-15(14)25(16)19(18(20,21)22)26(12)24-17(27-19)13-7-3-2-4-8-13/h2-11H,1H3/t19-/m1/s1. The van der Waals surface area contributed by atoms with Gasteiger partial charge >= 0.3 is 12.0 Å². The lowest BCUT2D eigenvalue weighted by Gasteiger charge is -2.41.